The Hall–Kier alpha value is -0.720. The van der Waals surface area contributed by atoms with Crippen molar-refractivity contribution in [1.29, 1.82) is 0 Å². The van der Waals surface area contributed by atoms with E-state index in [1.807, 2.05) is 6.08 Å². The molecule has 0 aromatic carbocycles. The summed E-state index contributed by atoms with van der Waals surface area (Å²) < 4.78 is 0. The lowest BCUT2D eigenvalue weighted by molar-refractivity contribution is -0.124. The van der Waals surface area contributed by atoms with E-state index >= 15 is 0 Å². The van der Waals surface area contributed by atoms with E-state index in [0.717, 1.165) is 37.0 Å². The molecular weight excluding hydrogens is 398 g/mol. The molecule has 0 bridgehead atoms. The van der Waals surface area contributed by atoms with Gasteiger partial charge in [0.15, 0.2) is 5.78 Å². The Morgan fingerprint density at radius 1 is 1.26 bits per heavy atom. The maximum absolute atomic E-state index is 13.2. The van der Waals surface area contributed by atoms with Gasteiger partial charge < -0.3 is 5.11 Å². The van der Waals surface area contributed by atoms with Gasteiger partial charge in [0.05, 0.1) is 12.6 Å². The molecule has 6 heteroatoms. The number of allylic oxidation sites excluding steroid dienone is 4. The summed E-state index contributed by atoms with van der Waals surface area (Å²) in [7, 11) is 3.41. The average molecular weight is 426 g/mol. The maximum atomic E-state index is 13.2. The van der Waals surface area contributed by atoms with Gasteiger partial charge in [-0.1, -0.05) is 77.2 Å². The summed E-state index contributed by atoms with van der Waals surface area (Å²) in [5, 5.41) is 9.89. The number of Topliss-reactive ketones (excluding diaryl/α,β-unsaturated/α-hetero) is 1. The summed E-state index contributed by atoms with van der Waals surface area (Å²) in [6.07, 6.45) is 10.0. The molecule has 1 saturated carbocycles. The number of aliphatic hydroxyl groups excluding tert-OH is 1. The first-order valence-corrected chi connectivity index (χ1v) is 12.0. The van der Waals surface area contributed by atoms with E-state index in [1.54, 1.807) is 39.8 Å². The first-order chi connectivity index (χ1) is 13.1. The zero-order valence-corrected chi connectivity index (χ0v) is 18.0. The minimum absolute atomic E-state index is 0.162. The third-order valence-corrected chi connectivity index (χ3v) is 7.98. The monoisotopic (exact) mass is 425 g/mol. The lowest BCUT2D eigenvalue weighted by atomic mass is 9.89. The molecular formula is C21H28ClNO2S2. The number of hydrogen-bond acceptors (Lipinski definition) is 5. The Morgan fingerprint density at radius 3 is 2.56 bits per heavy atom. The Bertz CT molecular complexity index is 640. The lowest BCUT2D eigenvalue weighted by Gasteiger charge is -2.41. The summed E-state index contributed by atoms with van der Waals surface area (Å²) in [5.41, 5.74) is 2.00. The average Bonchev–Trinajstić information content (AvgIpc) is 3.52. The van der Waals surface area contributed by atoms with Crippen LogP contribution in [0.1, 0.15) is 19.3 Å². The van der Waals surface area contributed by atoms with Crippen LogP contribution in [0.3, 0.4) is 0 Å². The molecule has 148 valence electrons. The van der Waals surface area contributed by atoms with Crippen molar-refractivity contribution in [2.45, 2.75) is 30.6 Å². The molecule has 0 aromatic heterocycles. The van der Waals surface area contributed by atoms with Crippen LogP contribution in [0.15, 0.2) is 60.2 Å². The highest BCUT2D eigenvalue weighted by atomic mass is 35.5. The van der Waals surface area contributed by atoms with Crippen LogP contribution < -0.4 is 0 Å². The molecule has 2 aliphatic rings. The van der Waals surface area contributed by atoms with Gasteiger partial charge in [-0.25, -0.2) is 0 Å². The smallest absolute Gasteiger partial charge is 0.157 e. The Labute approximate surface area is 175 Å². The lowest BCUT2D eigenvalue weighted by Crippen LogP contribution is -2.50. The molecule has 1 saturated heterocycles. The summed E-state index contributed by atoms with van der Waals surface area (Å²) >= 11 is 6.28. The van der Waals surface area contributed by atoms with Crippen molar-refractivity contribution in [3.05, 3.63) is 60.2 Å². The Balaban J connectivity index is 2.30. The van der Waals surface area contributed by atoms with Crippen LogP contribution in [-0.4, -0.2) is 52.5 Å². The second-order valence-electron chi connectivity index (χ2n) is 6.65. The van der Waals surface area contributed by atoms with Gasteiger partial charge in [0.25, 0.3) is 0 Å². The topological polar surface area (TPSA) is 40.5 Å². The van der Waals surface area contributed by atoms with Crippen molar-refractivity contribution in [3.63, 3.8) is 0 Å². The molecule has 1 aliphatic carbocycles. The van der Waals surface area contributed by atoms with Gasteiger partial charge in [-0.2, -0.15) is 0 Å². The van der Waals surface area contributed by atoms with E-state index in [9.17, 15) is 4.79 Å². The van der Waals surface area contributed by atoms with Crippen LogP contribution in [0.2, 0.25) is 0 Å². The number of piperidine rings is 1. The van der Waals surface area contributed by atoms with E-state index in [-0.39, 0.29) is 23.8 Å². The molecule has 2 fully saturated rings. The number of rotatable bonds is 11. The molecule has 1 N–H and O–H groups in total. The van der Waals surface area contributed by atoms with Crippen molar-refractivity contribution in [2.24, 2.45) is 5.92 Å². The van der Waals surface area contributed by atoms with Crippen molar-refractivity contribution in [3.8, 4) is 0 Å². The molecule has 0 amide bonds. The van der Waals surface area contributed by atoms with Gasteiger partial charge in [-0.05, 0) is 30.4 Å². The first kappa shape index (κ1) is 22.6. The highest BCUT2D eigenvalue weighted by molar-refractivity contribution is 8.77. The van der Waals surface area contributed by atoms with E-state index < -0.39 is 0 Å². The fourth-order valence-corrected chi connectivity index (χ4v) is 5.88. The minimum atomic E-state index is -0.249. The molecule has 1 heterocycles. The fraction of sp³-hybridized carbons (Fsp3) is 0.476. The largest absolute Gasteiger partial charge is 0.395 e. The van der Waals surface area contributed by atoms with Crippen LogP contribution >= 0.6 is 33.2 Å². The summed E-state index contributed by atoms with van der Waals surface area (Å²) in [6, 6.07) is -0.249. The molecule has 3 nitrogen and oxygen atoms in total. The van der Waals surface area contributed by atoms with Crippen molar-refractivity contribution >= 4 is 39.0 Å². The quantitative estimate of drug-likeness (QED) is 0.293. The molecule has 2 atom stereocenters. The second kappa shape index (κ2) is 11.3. The number of hydrogen-bond donors (Lipinski definition) is 1. The van der Waals surface area contributed by atoms with Crippen LogP contribution in [0.5, 0.6) is 0 Å². The van der Waals surface area contributed by atoms with Gasteiger partial charge in [-0.3, -0.25) is 9.69 Å². The van der Waals surface area contributed by atoms with Gasteiger partial charge in [0.1, 0.15) is 0 Å². The zero-order valence-electron chi connectivity index (χ0n) is 15.6. The highest BCUT2D eigenvalue weighted by Gasteiger charge is 2.43. The van der Waals surface area contributed by atoms with Crippen LogP contribution in [-0.2, 0) is 4.79 Å². The summed E-state index contributed by atoms with van der Waals surface area (Å²) in [5.74, 6) is 1.16. The number of carbonyl (C=O) groups excluding carboxylic acids is 1. The molecule has 1 aliphatic heterocycles. The third kappa shape index (κ3) is 6.13. The normalized spacial score (nSPS) is 25.8. The number of aliphatic hydroxyl groups is 1. The number of nitrogens with zero attached hydrogens (tertiary/aromatic N) is 1. The number of halogens is 1. The standard InChI is InChI=1S/C21H28ClNO2S2/c1-4-7-17-19(27-26-13-12-24)10-11-23(14-15(5-2)18(22)6-3)20(17)21(25)16-8-9-16/h4-7,16,19-20,24H,1-3,8-14H2/b17-7+,18-15-. The van der Waals surface area contributed by atoms with E-state index in [0.29, 0.717) is 23.1 Å². The Kier molecular flexibility index (Phi) is 9.46. The maximum Gasteiger partial charge on any atom is 0.157 e. The predicted octanol–water partition coefficient (Wildman–Crippen LogP) is 4.76. The third-order valence-electron chi connectivity index (χ3n) is 4.76. The number of ketones is 1. The van der Waals surface area contributed by atoms with Gasteiger partial charge in [-0.15, -0.1) is 0 Å². The minimum Gasteiger partial charge on any atom is -0.395 e. The fourth-order valence-electron chi connectivity index (χ4n) is 3.26. The second-order valence-corrected chi connectivity index (χ2v) is 9.75. The summed E-state index contributed by atoms with van der Waals surface area (Å²) in [6.45, 7) is 13.0. The molecule has 2 unspecified atom stereocenters. The van der Waals surface area contributed by atoms with Gasteiger partial charge in [0.2, 0.25) is 0 Å². The van der Waals surface area contributed by atoms with E-state index in [4.69, 9.17) is 16.7 Å². The van der Waals surface area contributed by atoms with E-state index in [1.165, 1.54) is 0 Å². The molecule has 0 aromatic rings. The number of likely N-dealkylation sites (tertiary alicyclic amines) is 1. The molecule has 0 spiro atoms. The van der Waals surface area contributed by atoms with E-state index in [2.05, 4.69) is 24.6 Å². The van der Waals surface area contributed by atoms with Gasteiger partial charge in [0, 0.05) is 35.0 Å². The molecule has 27 heavy (non-hydrogen) atoms. The van der Waals surface area contributed by atoms with Crippen molar-refractivity contribution < 1.29 is 9.90 Å². The first-order valence-electron chi connectivity index (χ1n) is 9.20. The van der Waals surface area contributed by atoms with Crippen molar-refractivity contribution in [1.82, 2.24) is 4.90 Å². The van der Waals surface area contributed by atoms with Crippen LogP contribution in [0.4, 0.5) is 0 Å². The highest BCUT2D eigenvalue weighted by Crippen LogP contribution is 2.42. The SMILES string of the molecule is C=C/C=C1\C(SSCCO)CCN(C/C(C=C)=C(\Cl)C=C)C1C(=O)C1CC1. The predicted molar refractivity (Wildman–Crippen MR) is 120 cm³/mol. The molecule has 0 radical (unpaired) electrons. The van der Waals surface area contributed by atoms with Crippen molar-refractivity contribution in [2.75, 3.05) is 25.4 Å². The van der Waals surface area contributed by atoms with Gasteiger partial charge >= 0.3 is 0 Å². The zero-order chi connectivity index (χ0) is 19.8. The summed E-state index contributed by atoms with van der Waals surface area (Å²) in [4.78, 5) is 15.4. The van der Waals surface area contributed by atoms with Crippen LogP contribution in [0.25, 0.3) is 0 Å². The molecule has 2 rings (SSSR count). The number of carbonyl (C=O) groups is 1. The van der Waals surface area contributed by atoms with Crippen LogP contribution in [0, 0.1) is 5.92 Å². The Morgan fingerprint density at radius 2 is 2.00 bits per heavy atom.